The minimum absolute atomic E-state index is 0.0290. The minimum atomic E-state index is -5.52. The SMILES string of the molecule is CC(C)(C)OC(=O)N1CC(CC#N)(n2nc(Nc3ccc(S(=O)(=O)C(F)(F)F)cc3)c3c(=O)[nH]ccc32)C1. The number of carbonyl (C=O) groups is 1. The van der Waals surface area contributed by atoms with Gasteiger partial charge in [0.25, 0.3) is 15.4 Å². The van der Waals surface area contributed by atoms with Crippen molar-refractivity contribution < 1.29 is 31.1 Å². The van der Waals surface area contributed by atoms with Gasteiger partial charge in [-0.15, -0.1) is 0 Å². The maximum Gasteiger partial charge on any atom is 0.501 e. The van der Waals surface area contributed by atoms with Crippen LogP contribution in [0.4, 0.5) is 29.5 Å². The smallest absolute Gasteiger partial charge is 0.444 e. The second kappa shape index (κ2) is 9.05. The Morgan fingerprint density at radius 2 is 1.84 bits per heavy atom. The molecule has 1 aliphatic heterocycles. The third kappa shape index (κ3) is 4.78. The molecular formula is C23H23F3N6O5S. The quantitative estimate of drug-likeness (QED) is 0.487. The van der Waals surface area contributed by atoms with Crippen molar-refractivity contribution in [2.45, 2.75) is 48.7 Å². The van der Waals surface area contributed by atoms with Gasteiger partial charge in [0.15, 0.2) is 5.82 Å². The molecule has 1 aromatic carbocycles. The molecule has 0 unspecified atom stereocenters. The highest BCUT2D eigenvalue weighted by molar-refractivity contribution is 7.92. The van der Waals surface area contributed by atoms with Crippen LogP contribution in [0.1, 0.15) is 27.2 Å². The number of pyridine rings is 1. The van der Waals surface area contributed by atoms with E-state index in [0.29, 0.717) is 5.52 Å². The number of aromatic nitrogens is 3. The first-order valence-corrected chi connectivity index (χ1v) is 12.7. The lowest BCUT2D eigenvalue weighted by Crippen LogP contribution is -2.64. The summed E-state index contributed by atoms with van der Waals surface area (Å²) in [6, 6.07) is 7.46. The number of likely N-dealkylation sites (tertiary alicyclic amines) is 1. The van der Waals surface area contributed by atoms with E-state index in [0.717, 1.165) is 24.3 Å². The summed E-state index contributed by atoms with van der Waals surface area (Å²) in [6.45, 7) is 5.35. The Morgan fingerprint density at radius 3 is 2.39 bits per heavy atom. The third-order valence-corrected chi connectivity index (χ3v) is 7.32. The van der Waals surface area contributed by atoms with E-state index < -0.39 is 43.0 Å². The number of sulfone groups is 1. The van der Waals surface area contributed by atoms with Gasteiger partial charge in [-0.05, 0) is 51.1 Å². The molecule has 3 aromatic rings. The summed E-state index contributed by atoms with van der Waals surface area (Å²) in [4.78, 5) is 28.2. The Bertz CT molecular complexity index is 1590. The molecule has 11 nitrogen and oxygen atoms in total. The van der Waals surface area contributed by atoms with Crippen molar-refractivity contribution in [2.75, 3.05) is 18.4 Å². The topological polar surface area (TPSA) is 150 Å². The summed E-state index contributed by atoms with van der Waals surface area (Å²) in [7, 11) is -5.52. The zero-order valence-electron chi connectivity index (χ0n) is 20.5. The van der Waals surface area contributed by atoms with E-state index in [1.54, 1.807) is 26.8 Å². The molecule has 0 radical (unpaired) electrons. The standard InChI is InChI=1S/C23H23F3N6O5S/c1-21(2,3)37-20(34)31-12-22(13-31,9-10-27)32-16-8-11-28-19(33)17(16)18(30-32)29-14-4-6-15(7-5-14)38(35,36)23(24,25)26/h4-8,11H,9,12-13H2,1-3H3,(H,28,33)(H,29,30). The first kappa shape index (κ1) is 27.0. The number of aromatic amines is 1. The monoisotopic (exact) mass is 552 g/mol. The summed E-state index contributed by atoms with van der Waals surface area (Å²) >= 11 is 0. The maximum absolute atomic E-state index is 12.9. The second-order valence-electron chi connectivity index (χ2n) is 9.82. The van der Waals surface area contributed by atoms with Crippen molar-refractivity contribution >= 4 is 38.3 Å². The molecule has 202 valence electrons. The van der Waals surface area contributed by atoms with Gasteiger partial charge in [-0.25, -0.2) is 13.2 Å². The number of anilines is 2. The number of halogens is 3. The molecule has 1 amide bonds. The highest BCUT2D eigenvalue weighted by atomic mass is 32.2. The van der Waals surface area contributed by atoms with Crippen LogP contribution >= 0.6 is 0 Å². The third-order valence-electron chi connectivity index (χ3n) is 5.82. The molecule has 3 heterocycles. The Labute approximate surface area is 214 Å². The summed E-state index contributed by atoms with van der Waals surface area (Å²) in [5, 5.41) is 17.0. The fourth-order valence-corrected chi connectivity index (χ4v) is 4.86. The number of alkyl halides is 3. The number of amides is 1. The number of rotatable bonds is 5. The zero-order chi connectivity index (χ0) is 28.1. The van der Waals surface area contributed by atoms with Gasteiger partial charge >= 0.3 is 11.6 Å². The summed E-state index contributed by atoms with van der Waals surface area (Å²) in [5.74, 6) is 0.0290. The first-order chi connectivity index (χ1) is 17.6. The molecule has 15 heteroatoms. The molecule has 0 saturated carbocycles. The van der Waals surface area contributed by atoms with Crippen LogP contribution in [0.3, 0.4) is 0 Å². The van der Waals surface area contributed by atoms with Crippen LogP contribution in [0, 0.1) is 11.3 Å². The number of ether oxygens (including phenoxy) is 1. The number of H-pyrrole nitrogens is 1. The maximum atomic E-state index is 12.9. The molecular weight excluding hydrogens is 529 g/mol. The van der Waals surface area contributed by atoms with Crippen molar-refractivity contribution in [3.63, 3.8) is 0 Å². The van der Waals surface area contributed by atoms with Gasteiger partial charge in [-0.2, -0.15) is 23.5 Å². The molecule has 2 N–H and O–H groups in total. The lowest BCUT2D eigenvalue weighted by Gasteiger charge is -2.48. The summed E-state index contributed by atoms with van der Waals surface area (Å²) in [6.07, 6.45) is 0.792. The lowest BCUT2D eigenvalue weighted by atomic mass is 9.87. The molecule has 1 aliphatic rings. The van der Waals surface area contributed by atoms with Crippen LogP contribution in [0.15, 0.2) is 46.2 Å². The predicted molar refractivity (Wildman–Crippen MR) is 129 cm³/mol. The largest absolute Gasteiger partial charge is 0.501 e. The van der Waals surface area contributed by atoms with Crippen LogP contribution < -0.4 is 10.9 Å². The fourth-order valence-electron chi connectivity index (χ4n) is 4.10. The van der Waals surface area contributed by atoms with Crippen molar-refractivity contribution in [3.8, 4) is 6.07 Å². The Kier molecular flexibility index (Phi) is 6.43. The van der Waals surface area contributed by atoms with Crippen LogP contribution in [0.2, 0.25) is 0 Å². The van der Waals surface area contributed by atoms with Gasteiger partial charge in [-0.3, -0.25) is 9.48 Å². The molecule has 0 spiro atoms. The Hall–Kier alpha value is -4.06. The second-order valence-corrected chi connectivity index (χ2v) is 11.8. The number of benzene rings is 1. The van der Waals surface area contributed by atoms with Gasteiger partial charge < -0.3 is 19.9 Å². The van der Waals surface area contributed by atoms with E-state index in [2.05, 4.69) is 21.5 Å². The summed E-state index contributed by atoms with van der Waals surface area (Å²) in [5.41, 5.74) is -7.14. The van der Waals surface area contributed by atoms with E-state index in [1.807, 2.05) is 0 Å². The number of fused-ring (bicyclic) bond motifs is 1. The molecule has 38 heavy (non-hydrogen) atoms. The van der Waals surface area contributed by atoms with Gasteiger partial charge in [0.2, 0.25) is 0 Å². The molecule has 1 saturated heterocycles. The average Bonchev–Trinajstić information content (AvgIpc) is 3.14. The van der Waals surface area contributed by atoms with Crippen LogP contribution in [0.25, 0.3) is 10.9 Å². The number of nitriles is 1. The number of nitrogens with one attached hydrogen (secondary N) is 2. The molecule has 4 rings (SSSR count). The average molecular weight is 553 g/mol. The Balaban J connectivity index is 1.69. The predicted octanol–water partition coefficient (Wildman–Crippen LogP) is 3.62. The zero-order valence-corrected chi connectivity index (χ0v) is 21.3. The van der Waals surface area contributed by atoms with E-state index in [-0.39, 0.29) is 36.4 Å². The van der Waals surface area contributed by atoms with Crippen molar-refractivity contribution in [1.82, 2.24) is 19.7 Å². The number of carbonyl (C=O) groups excluding carboxylic acids is 1. The van der Waals surface area contributed by atoms with Crippen LogP contribution in [-0.4, -0.2) is 58.4 Å². The lowest BCUT2D eigenvalue weighted by molar-refractivity contribution is -0.0436. The van der Waals surface area contributed by atoms with Crippen molar-refractivity contribution in [2.24, 2.45) is 0 Å². The highest BCUT2D eigenvalue weighted by Gasteiger charge is 2.50. The Morgan fingerprint density at radius 1 is 1.21 bits per heavy atom. The van der Waals surface area contributed by atoms with E-state index >= 15 is 0 Å². The fraction of sp³-hybridized carbons (Fsp3) is 0.391. The molecule has 0 aliphatic carbocycles. The van der Waals surface area contributed by atoms with Gasteiger partial charge in [0.1, 0.15) is 16.5 Å². The van der Waals surface area contributed by atoms with Gasteiger partial charge in [-0.1, -0.05) is 0 Å². The van der Waals surface area contributed by atoms with E-state index in [4.69, 9.17) is 4.74 Å². The van der Waals surface area contributed by atoms with Gasteiger partial charge in [0, 0.05) is 11.9 Å². The first-order valence-electron chi connectivity index (χ1n) is 11.2. The summed E-state index contributed by atoms with van der Waals surface area (Å²) < 4.78 is 68.7. The molecule has 1 fully saturated rings. The normalized spacial score (nSPS) is 15.6. The number of hydrogen-bond donors (Lipinski definition) is 2. The van der Waals surface area contributed by atoms with Crippen molar-refractivity contribution in [1.29, 1.82) is 5.26 Å². The highest BCUT2D eigenvalue weighted by Crippen LogP contribution is 2.37. The molecule has 0 bridgehead atoms. The number of nitrogens with zero attached hydrogens (tertiary/aromatic N) is 4. The van der Waals surface area contributed by atoms with E-state index in [1.165, 1.54) is 15.8 Å². The minimum Gasteiger partial charge on any atom is -0.444 e. The van der Waals surface area contributed by atoms with Gasteiger partial charge in [0.05, 0.1) is 36.0 Å². The van der Waals surface area contributed by atoms with Crippen molar-refractivity contribution in [3.05, 3.63) is 46.9 Å². The number of hydrogen-bond acceptors (Lipinski definition) is 8. The molecule has 2 aromatic heterocycles. The van der Waals surface area contributed by atoms with Crippen LogP contribution in [-0.2, 0) is 20.1 Å². The molecule has 0 atom stereocenters. The van der Waals surface area contributed by atoms with E-state index in [9.17, 15) is 36.4 Å². The van der Waals surface area contributed by atoms with Crippen LogP contribution in [0.5, 0.6) is 0 Å².